The number of benzene rings is 3. The fourth-order valence-electron chi connectivity index (χ4n) is 5.10. The fourth-order valence-corrected chi connectivity index (χ4v) is 5.10. The standard InChI is InChI=1S/C32H34N2O5/c1-38-26-15-8-14-25(21-26)29(35)30-33-28(24-12-3-2-4-13-24)22-34(30)19-6-5-10-23-11-7-16-27(20-23)39-32(31(36)37)17-9-18-32/h2-4,7-8,11-16,20-22,30,33H,5-6,9-10,17-19H2,1H3,(H,36,37). The van der Waals surface area contributed by atoms with E-state index in [1.165, 1.54) is 0 Å². The van der Waals surface area contributed by atoms with Crippen molar-refractivity contribution in [1.29, 1.82) is 0 Å². The van der Waals surface area contributed by atoms with Crippen LogP contribution >= 0.6 is 0 Å². The highest BCUT2D eigenvalue weighted by atomic mass is 16.5. The van der Waals surface area contributed by atoms with Crippen LogP contribution in [-0.4, -0.2) is 47.2 Å². The van der Waals surface area contributed by atoms with Gasteiger partial charge in [-0.15, -0.1) is 0 Å². The molecule has 0 radical (unpaired) electrons. The van der Waals surface area contributed by atoms with Gasteiger partial charge in [-0.25, -0.2) is 4.79 Å². The van der Waals surface area contributed by atoms with Gasteiger partial charge in [-0.05, 0) is 73.9 Å². The van der Waals surface area contributed by atoms with Crippen molar-refractivity contribution in [1.82, 2.24) is 10.2 Å². The number of carbonyl (C=O) groups excluding carboxylic acids is 1. The van der Waals surface area contributed by atoms with Gasteiger partial charge >= 0.3 is 5.97 Å². The molecule has 1 atom stereocenters. The first-order valence-corrected chi connectivity index (χ1v) is 13.5. The average Bonchev–Trinajstić information content (AvgIpc) is 3.37. The summed E-state index contributed by atoms with van der Waals surface area (Å²) in [5.41, 5.74) is 2.59. The molecule has 7 heteroatoms. The number of aliphatic carboxylic acids is 1. The minimum Gasteiger partial charge on any atom is -0.497 e. The van der Waals surface area contributed by atoms with Gasteiger partial charge in [0.2, 0.25) is 11.4 Å². The smallest absolute Gasteiger partial charge is 0.348 e. The number of carboxylic acid groups (broad SMARTS) is 1. The summed E-state index contributed by atoms with van der Waals surface area (Å²) in [5, 5.41) is 13.0. The Morgan fingerprint density at radius 3 is 2.46 bits per heavy atom. The van der Waals surface area contributed by atoms with Gasteiger partial charge in [0.15, 0.2) is 6.17 Å². The molecular weight excluding hydrogens is 492 g/mol. The van der Waals surface area contributed by atoms with Gasteiger partial charge in [0.05, 0.1) is 12.8 Å². The van der Waals surface area contributed by atoms with Crippen molar-refractivity contribution in [3.63, 3.8) is 0 Å². The van der Waals surface area contributed by atoms with Crippen LogP contribution in [0.3, 0.4) is 0 Å². The fraction of sp³-hybridized carbons (Fsp3) is 0.312. The zero-order valence-corrected chi connectivity index (χ0v) is 22.1. The summed E-state index contributed by atoms with van der Waals surface area (Å²) in [5.74, 6) is 0.362. The van der Waals surface area contributed by atoms with Crippen LogP contribution in [0.25, 0.3) is 5.70 Å². The summed E-state index contributed by atoms with van der Waals surface area (Å²) in [6.45, 7) is 0.710. The summed E-state index contributed by atoms with van der Waals surface area (Å²) in [7, 11) is 1.60. The average molecular weight is 527 g/mol. The van der Waals surface area contributed by atoms with Crippen molar-refractivity contribution >= 4 is 17.4 Å². The van der Waals surface area contributed by atoms with Crippen molar-refractivity contribution in [3.8, 4) is 11.5 Å². The number of Topliss-reactive ketones (excluding diaryl/α,β-unsaturated/α-hetero) is 1. The molecule has 1 aliphatic heterocycles. The first-order chi connectivity index (χ1) is 19.0. The number of ketones is 1. The molecule has 5 rings (SSSR count). The van der Waals surface area contributed by atoms with Crippen LogP contribution in [0.5, 0.6) is 11.5 Å². The number of carbonyl (C=O) groups is 2. The lowest BCUT2D eigenvalue weighted by atomic mass is 9.80. The van der Waals surface area contributed by atoms with Crippen LogP contribution in [0.1, 0.15) is 53.6 Å². The third kappa shape index (κ3) is 5.93. The first kappa shape index (κ1) is 26.4. The third-order valence-corrected chi connectivity index (χ3v) is 7.50. The van der Waals surface area contributed by atoms with Gasteiger partial charge < -0.3 is 24.8 Å². The Hall–Kier alpha value is -4.26. The van der Waals surface area contributed by atoms with Crippen molar-refractivity contribution < 1.29 is 24.2 Å². The van der Waals surface area contributed by atoms with Crippen LogP contribution in [0, 0.1) is 0 Å². The van der Waals surface area contributed by atoms with Crippen molar-refractivity contribution in [2.45, 2.75) is 50.3 Å². The van der Waals surface area contributed by atoms with E-state index in [1.807, 2.05) is 79.0 Å². The number of nitrogens with zero attached hydrogens (tertiary/aromatic N) is 1. The maximum Gasteiger partial charge on any atom is 0.348 e. The number of unbranched alkanes of at least 4 members (excludes halogenated alkanes) is 1. The summed E-state index contributed by atoms with van der Waals surface area (Å²) in [4.78, 5) is 27.3. The molecule has 1 saturated carbocycles. The number of hydrogen-bond acceptors (Lipinski definition) is 6. The quantitative estimate of drug-likeness (QED) is 0.237. The molecule has 3 aromatic rings. The van der Waals surface area contributed by atoms with Crippen LogP contribution in [0.15, 0.2) is 85.1 Å². The highest BCUT2D eigenvalue weighted by Crippen LogP contribution is 2.37. The van der Waals surface area contributed by atoms with Crippen molar-refractivity contribution in [3.05, 3.63) is 102 Å². The Labute approximate surface area is 229 Å². The molecule has 0 saturated heterocycles. The molecule has 0 aromatic heterocycles. The monoisotopic (exact) mass is 526 g/mol. The van der Waals surface area contributed by atoms with Gasteiger partial charge in [0.25, 0.3) is 0 Å². The van der Waals surface area contributed by atoms with E-state index >= 15 is 0 Å². The zero-order valence-electron chi connectivity index (χ0n) is 22.1. The molecule has 1 aliphatic carbocycles. The number of carboxylic acids is 1. The van der Waals surface area contributed by atoms with E-state index in [0.717, 1.165) is 42.5 Å². The first-order valence-electron chi connectivity index (χ1n) is 13.5. The Kier molecular flexibility index (Phi) is 7.87. The van der Waals surface area contributed by atoms with Crippen molar-refractivity contribution in [2.75, 3.05) is 13.7 Å². The van der Waals surface area contributed by atoms with E-state index in [4.69, 9.17) is 9.47 Å². The molecule has 1 fully saturated rings. The van der Waals surface area contributed by atoms with Gasteiger partial charge in [-0.1, -0.05) is 54.6 Å². The lowest BCUT2D eigenvalue weighted by molar-refractivity contribution is -0.163. The second-order valence-corrected chi connectivity index (χ2v) is 10.1. The lowest BCUT2D eigenvalue weighted by Gasteiger charge is -2.37. The van der Waals surface area contributed by atoms with E-state index in [1.54, 1.807) is 13.2 Å². The molecule has 1 unspecified atom stereocenters. The highest BCUT2D eigenvalue weighted by molar-refractivity contribution is 6.01. The summed E-state index contributed by atoms with van der Waals surface area (Å²) >= 11 is 0. The topological polar surface area (TPSA) is 88.1 Å². The maximum atomic E-state index is 13.5. The van der Waals surface area contributed by atoms with Crippen LogP contribution in [0.2, 0.25) is 0 Å². The van der Waals surface area contributed by atoms with E-state index in [2.05, 4.69) is 10.2 Å². The second-order valence-electron chi connectivity index (χ2n) is 10.1. The van der Waals surface area contributed by atoms with E-state index < -0.39 is 17.7 Å². The molecule has 0 spiro atoms. The molecule has 39 heavy (non-hydrogen) atoms. The summed E-state index contributed by atoms with van der Waals surface area (Å²) in [6, 6.07) is 25.0. The van der Waals surface area contributed by atoms with Gasteiger partial charge in [-0.3, -0.25) is 4.79 Å². The molecule has 2 N–H and O–H groups in total. The molecule has 7 nitrogen and oxygen atoms in total. The molecule has 2 aliphatic rings. The minimum absolute atomic E-state index is 0.00992. The van der Waals surface area contributed by atoms with E-state index in [-0.39, 0.29) is 5.78 Å². The Balaban J connectivity index is 1.23. The number of nitrogens with one attached hydrogen (secondary N) is 1. The number of methoxy groups -OCH3 is 1. The Bertz CT molecular complexity index is 1350. The molecule has 3 aromatic carbocycles. The SMILES string of the molecule is COc1cccc(C(=O)C2NC(c3ccccc3)=CN2CCCCc2cccc(OC3(C(=O)O)CCC3)c2)c1. The molecule has 0 bridgehead atoms. The largest absolute Gasteiger partial charge is 0.497 e. The summed E-state index contributed by atoms with van der Waals surface area (Å²) in [6.07, 6.45) is 6.14. The lowest BCUT2D eigenvalue weighted by Crippen LogP contribution is -2.50. The van der Waals surface area contributed by atoms with Crippen LogP contribution in [0.4, 0.5) is 0 Å². The van der Waals surface area contributed by atoms with Crippen LogP contribution < -0.4 is 14.8 Å². The summed E-state index contributed by atoms with van der Waals surface area (Å²) < 4.78 is 11.2. The predicted octanol–water partition coefficient (Wildman–Crippen LogP) is 5.52. The third-order valence-electron chi connectivity index (χ3n) is 7.50. The number of aryl methyl sites for hydroxylation is 1. The molecule has 1 heterocycles. The zero-order chi connectivity index (χ0) is 27.2. The number of hydrogen-bond donors (Lipinski definition) is 2. The van der Waals surface area contributed by atoms with Gasteiger partial charge in [-0.2, -0.15) is 0 Å². The van der Waals surface area contributed by atoms with Gasteiger partial charge in [0, 0.05) is 18.3 Å². The van der Waals surface area contributed by atoms with Gasteiger partial charge in [0.1, 0.15) is 11.5 Å². The van der Waals surface area contributed by atoms with E-state index in [0.29, 0.717) is 36.4 Å². The number of ether oxygens (including phenoxy) is 2. The molecule has 0 amide bonds. The Morgan fingerprint density at radius 2 is 1.74 bits per heavy atom. The predicted molar refractivity (Wildman–Crippen MR) is 150 cm³/mol. The minimum atomic E-state index is -1.07. The Morgan fingerprint density at radius 1 is 0.974 bits per heavy atom. The van der Waals surface area contributed by atoms with Crippen LogP contribution in [-0.2, 0) is 11.2 Å². The number of rotatable bonds is 12. The normalized spacial score (nSPS) is 17.5. The maximum absolute atomic E-state index is 13.5. The van der Waals surface area contributed by atoms with Crippen molar-refractivity contribution in [2.24, 2.45) is 0 Å². The van der Waals surface area contributed by atoms with E-state index in [9.17, 15) is 14.7 Å². The second kappa shape index (κ2) is 11.6. The molecule has 202 valence electrons. The highest BCUT2D eigenvalue weighted by Gasteiger charge is 2.47. The molecular formula is C32H34N2O5.